The first-order valence-electron chi connectivity index (χ1n) is 13.8. The normalized spacial score (nSPS) is 39.3. The molecule has 7 heteroatoms. The SMILES string of the molecule is COC(=O)C(C)CC(=O)C=C(C)C1CC(=O)C2(C)C3=C(C(=O)CC12C)C1(C)CCC(=O)C(C)(C)C1CC3O. The second-order valence-electron chi connectivity index (χ2n) is 13.5. The molecule has 0 aromatic heterocycles. The van der Waals surface area contributed by atoms with Crippen molar-refractivity contribution in [2.24, 2.45) is 39.4 Å². The van der Waals surface area contributed by atoms with E-state index in [0.717, 1.165) is 0 Å². The van der Waals surface area contributed by atoms with Gasteiger partial charge in [-0.3, -0.25) is 24.0 Å². The number of carbonyl (C=O) groups is 5. The Morgan fingerprint density at radius 3 is 2.34 bits per heavy atom. The Bertz CT molecular complexity index is 1190. The van der Waals surface area contributed by atoms with Crippen LogP contribution in [-0.2, 0) is 28.7 Å². The van der Waals surface area contributed by atoms with Crippen LogP contribution in [0.15, 0.2) is 22.8 Å². The molecule has 7 unspecified atom stereocenters. The van der Waals surface area contributed by atoms with Crippen molar-refractivity contribution in [2.45, 2.75) is 93.1 Å². The molecule has 7 atom stereocenters. The molecule has 0 aliphatic heterocycles. The number of hydrogen-bond acceptors (Lipinski definition) is 7. The van der Waals surface area contributed by atoms with Crippen LogP contribution < -0.4 is 0 Å². The van der Waals surface area contributed by atoms with E-state index in [9.17, 15) is 29.1 Å². The van der Waals surface area contributed by atoms with Crippen molar-refractivity contribution in [3.05, 3.63) is 22.8 Å². The number of esters is 1. The van der Waals surface area contributed by atoms with E-state index in [1.807, 2.05) is 41.5 Å². The van der Waals surface area contributed by atoms with Crippen molar-refractivity contribution in [1.29, 1.82) is 0 Å². The van der Waals surface area contributed by atoms with Gasteiger partial charge in [0.15, 0.2) is 11.6 Å². The number of ketones is 4. The zero-order valence-electron chi connectivity index (χ0n) is 24.0. The summed E-state index contributed by atoms with van der Waals surface area (Å²) in [7, 11) is 1.29. The van der Waals surface area contributed by atoms with Gasteiger partial charge >= 0.3 is 5.97 Å². The fourth-order valence-corrected chi connectivity index (χ4v) is 8.71. The van der Waals surface area contributed by atoms with Gasteiger partial charge in [0.05, 0.1) is 24.5 Å². The van der Waals surface area contributed by atoms with Crippen molar-refractivity contribution in [3.8, 4) is 0 Å². The summed E-state index contributed by atoms with van der Waals surface area (Å²) in [6.07, 6.45) is 2.08. The lowest BCUT2D eigenvalue weighted by Crippen LogP contribution is -2.59. The molecular weight excluding hydrogens is 484 g/mol. The zero-order chi connectivity index (χ0) is 28.6. The largest absolute Gasteiger partial charge is 0.469 e. The maximum Gasteiger partial charge on any atom is 0.308 e. The number of ether oxygens (including phenoxy) is 1. The minimum atomic E-state index is -1.06. The van der Waals surface area contributed by atoms with Crippen LogP contribution in [0.2, 0.25) is 0 Å². The average Bonchev–Trinajstić information content (AvgIpc) is 3.03. The van der Waals surface area contributed by atoms with Crippen LogP contribution in [0, 0.1) is 39.4 Å². The molecule has 0 aromatic rings. The first-order valence-corrected chi connectivity index (χ1v) is 13.8. The van der Waals surface area contributed by atoms with E-state index in [4.69, 9.17) is 4.74 Å². The predicted molar refractivity (Wildman–Crippen MR) is 141 cm³/mol. The fourth-order valence-electron chi connectivity index (χ4n) is 8.71. The molecular formula is C31H42O7. The molecule has 0 heterocycles. The van der Waals surface area contributed by atoms with Crippen molar-refractivity contribution < 1.29 is 33.8 Å². The molecule has 4 rings (SSSR count). The molecule has 0 saturated heterocycles. The van der Waals surface area contributed by atoms with Gasteiger partial charge in [-0.25, -0.2) is 0 Å². The number of fused-ring (bicyclic) bond motifs is 4. The summed E-state index contributed by atoms with van der Waals surface area (Å²) in [5.74, 6) is -1.74. The summed E-state index contributed by atoms with van der Waals surface area (Å²) < 4.78 is 4.73. The molecule has 0 spiro atoms. The Hall–Kier alpha value is -2.41. The maximum atomic E-state index is 14.1. The summed E-state index contributed by atoms with van der Waals surface area (Å²) in [5, 5.41) is 11.6. The Kier molecular flexibility index (Phi) is 6.83. The van der Waals surface area contributed by atoms with Gasteiger partial charge in [-0.1, -0.05) is 40.2 Å². The number of aliphatic hydroxyl groups is 1. The van der Waals surface area contributed by atoms with E-state index < -0.39 is 39.7 Å². The molecule has 208 valence electrons. The maximum absolute atomic E-state index is 14.1. The van der Waals surface area contributed by atoms with Gasteiger partial charge in [-0.15, -0.1) is 0 Å². The number of aliphatic hydroxyl groups excluding tert-OH is 1. The summed E-state index contributed by atoms with van der Waals surface area (Å²) in [4.78, 5) is 65.4. The number of Topliss-reactive ketones (excluding diaryl/α,β-unsaturated/α-hetero) is 3. The van der Waals surface area contributed by atoms with E-state index in [2.05, 4.69) is 0 Å². The van der Waals surface area contributed by atoms with Crippen LogP contribution in [-0.4, -0.2) is 47.4 Å². The Morgan fingerprint density at radius 1 is 1.11 bits per heavy atom. The highest BCUT2D eigenvalue weighted by molar-refractivity contribution is 6.06. The molecule has 2 fully saturated rings. The van der Waals surface area contributed by atoms with Crippen molar-refractivity contribution in [3.63, 3.8) is 0 Å². The third kappa shape index (κ3) is 3.75. The summed E-state index contributed by atoms with van der Waals surface area (Å²) in [6.45, 7) is 13.1. The molecule has 7 nitrogen and oxygen atoms in total. The monoisotopic (exact) mass is 526 g/mol. The predicted octanol–water partition coefficient (Wildman–Crippen LogP) is 4.35. The number of carbonyl (C=O) groups excluding carboxylic acids is 5. The highest BCUT2D eigenvalue weighted by atomic mass is 16.5. The van der Waals surface area contributed by atoms with Gasteiger partial charge in [0.1, 0.15) is 11.6 Å². The van der Waals surface area contributed by atoms with E-state index in [0.29, 0.717) is 36.0 Å². The van der Waals surface area contributed by atoms with Crippen molar-refractivity contribution in [2.75, 3.05) is 7.11 Å². The molecule has 2 saturated carbocycles. The number of methoxy groups -OCH3 is 1. The van der Waals surface area contributed by atoms with E-state index >= 15 is 0 Å². The number of hydrogen-bond donors (Lipinski definition) is 1. The molecule has 4 aliphatic carbocycles. The van der Waals surface area contributed by atoms with Gasteiger partial charge in [-0.2, -0.15) is 0 Å². The lowest BCUT2D eigenvalue weighted by atomic mass is 9.42. The Morgan fingerprint density at radius 2 is 1.74 bits per heavy atom. The van der Waals surface area contributed by atoms with Crippen LogP contribution in [0.1, 0.15) is 87.0 Å². The van der Waals surface area contributed by atoms with Crippen LogP contribution in [0.3, 0.4) is 0 Å². The highest BCUT2D eigenvalue weighted by Gasteiger charge is 2.70. The smallest absolute Gasteiger partial charge is 0.308 e. The lowest BCUT2D eigenvalue weighted by Gasteiger charge is -2.60. The highest BCUT2D eigenvalue weighted by Crippen LogP contribution is 2.70. The number of allylic oxidation sites excluding steroid dienone is 3. The second-order valence-corrected chi connectivity index (χ2v) is 13.5. The molecule has 0 aromatic carbocycles. The van der Waals surface area contributed by atoms with Gasteiger partial charge in [0.2, 0.25) is 0 Å². The van der Waals surface area contributed by atoms with Crippen molar-refractivity contribution >= 4 is 29.1 Å². The first kappa shape index (κ1) is 28.6. The summed E-state index contributed by atoms with van der Waals surface area (Å²) in [5.41, 5.74) is -1.29. The summed E-state index contributed by atoms with van der Waals surface area (Å²) >= 11 is 0. The van der Waals surface area contributed by atoms with Gasteiger partial charge in [0, 0.05) is 42.1 Å². The third-order valence-electron chi connectivity index (χ3n) is 11.1. The van der Waals surface area contributed by atoms with Gasteiger partial charge < -0.3 is 9.84 Å². The number of rotatable bonds is 5. The lowest BCUT2D eigenvalue weighted by molar-refractivity contribution is -0.146. The average molecular weight is 527 g/mol. The topological polar surface area (TPSA) is 115 Å². The molecule has 4 aliphatic rings. The molecule has 38 heavy (non-hydrogen) atoms. The molecule has 0 bridgehead atoms. The second kappa shape index (κ2) is 9.07. The quantitative estimate of drug-likeness (QED) is 0.418. The van der Waals surface area contributed by atoms with Crippen LogP contribution in [0.25, 0.3) is 0 Å². The molecule has 0 amide bonds. The third-order valence-corrected chi connectivity index (χ3v) is 11.1. The van der Waals surface area contributed by atoms with Crippen molar-refractivity contribution in [1.82, 2.24) is 0 Å². The van der Waals surface area contributed by atoms with Crippen LogP contribution in [0.4, 0.5) is 0 Å². The molecule has 0 radical (unpaired) electrons. The van der Waals surface area contributed by atoms with Crippen LogP contribution in [0.5, 0.6) is 0 Å². The van der Waals surface area contributed by atoms with E-state index in [1.165, 1.54) is 13.2 Å². The molecule has 1 N–H and O–H groups in total. The van der Waals surface area contributed by atoms with E-state index in [-0.39, 0.29) is 54.2 Å². The Balaban J connectivity index is 1.78. The standard InChI is InChI=1S/C31H42O7/c1-16(11-18(32)12-17(2)27(37)38-8)19-13-24(36)31(7)26-20(33)14-22-28(3,4)23(35)9-10-29(22,5)25(26)21(34)15-30(19,31)6/h11,17,19-20,22,33H,9-10,12-15H2,1-8H3. The van der Waals surface area contributed by atoms with Gasteiger partial charge in [-0.05, 0) is 55.6 Å². The Labute approximate surface area is 225 Å². The van der Waals surface area contributed by atoms with Gasteiger partial charge in [0.25, 0.3) is 0 Å². The first-order chi connectivity index (χ1) is 17.5. The summed E-state index contributed by atoms with van der Waals surface area (Å²) in [6, 6.07) is 0. The van der Waals surface area contributed by atoms with E-state index in [1.54, 1.807) is 6.92 Å². The fraction of sp³-hybridized carbons (Fsp3) is 0.710. The van der Waals surface area contributed by atoms with Crippen LogP contribution >= 0.6 is 0 Å². The minimum absolute atomic E-state index is 0.000143. The zero-order valence-corrected chi connectivity index (χ0v) is 24.0. The minimum Gasteiger partial charge on any atom is -0.469 e.